The van der Waals surface area contributed by atoms with E-state index in [0.717, 1.165) is 0 Å². The van der Waals surface area contributed by atoms with Crippen molar-refractivity contribution in [2.24, 2.45) is 0 Å². The predicted molar refractivity (Wildman–Crippen MR) is 120 cm³/mol. The molecule has 0 aliphatic carbocycles. The van der Waals surface area contributed by atoms with Crippen LogP contribution in [0.15, 0.2) is 24.3 Å². The fourth-order valence-electron chi connectivity index (χ4n) is 4.27. The summed E-state index contributed by atoms with van der Waals surface area (Å²) in [4.78, 5) is 37.3. The van der Waals surface area contributed by atoms with Crippen molar-refractivity contribution < 1.29 is 42.8 Å². The molecule has 192 valence electrons. The van der Waals surface area contributed by atoms with Crippen molar-refractivity contribution in [3.63, 3.8) is 0 Å². The Morgan fingerprint density at radius 2 is 1.49 bits per heavy atom. The zero-order chi connectivity index (χ0) is 25.4. The second-order valence-electron chi connectivity index (χ2n) is 9.33. The van der Waals surface area contributed by atoms with Gasteiger partial charge >= 0.3 is 0 Å². The molecule has 4 rings (SSSR count). The van der Waals surface area contributed by atoms with Gasteiger partial charge in [-0.15, -0.1) is 0 Å². The number of hydrogen-bond acceptors (Lipinski definition) is 9. The van der Waals surface area contributed by atoms with E-state index in [1.807, 2.05) is 0 Å². The van der Waals surface area contributed by atoms with Crippen molar-refractivity contribution >= 4 is 23.4 Å². The summed E-state index contributed by atoms with van der Waals surface area (Å²) in [5.41, 5.74) is 0.479. The Balaban J connectivity index is 1.29. The lowest BCUT2D eigenvalue weighted by atomic mass is 9.98. The average molecular weight is 494 g/mol. The molecule has 0 radical (unpaired) electrons. The van der Waals surface area contributed by atoms with Crippen LogP contribution in [-0.4, -0.2) is 80.2 Å². The molecule has 3 amide bonds. The number of hydrogen-bond donors (Lipinski definition) is 3. The Kier molecular flexibility index (Phi) is 7.02. The van der Waals surface area contributed by atoms with Gasteiger partial charge in [0.1, 0.15) is 24.1 Å². The molecule has 3 aliphatic rings. The third-order valence-corrected chi connectivity index (χ3v) is 5.66. The fourth-order valence-corrected chi connectivity index (χ4v) is 4.27. The molecule has 3 fully saturated rings. The number of carbonyl (C=O) groups excluding carboxylic acids is 3. The number of methoxy groups -OCH3 is 1. The van der Waals surface area contributed by atoms with Gasteiger partial charge in [0.25, 0.3) is 5.91 Å². The molecule has 0 bridgehead atoms. The van der Waals surface area contributed by atoms with Gasteiger partial charge in [-0.1, -0.05) is 12.1 Å². The quantitative estimate of drug-likeness (QED) is 0.487. The molecule has 5 atom stereocenters. The number of rotatable bonds is 7. The monoisotopic (exact) mass is 493 g/mol. The number of benzene rings is 1. The Bertz CT molecular complexity index is 983. The summed E-state index contributed by atoms with van der Waals surface area (Å²) in [6.07, 6.45) is -3.81. The first-order valence-electron chi connectivity index (χ1n) is 11.3. The van der Waals surface area contributed by atoms with E-state index in [4.69, 9.17) is 28.4 Å². The van der Waals surface area contributed by atoms with Gasteiger partial charge in [-0.2, -0.15) is 0 Å². The molecule has 1 aromatic carbocycles. The smallest absolute Gasteiger partial charge is 0.252 e. The van der Waals surface area contributed by atoms with Gasteiger partial charge in [0.2, 0.25) is 11.8 Å². The van der Waals surface area contributed by atoms with Crippen molar-refractivity contribution in [1.29, 1.82) is 0 Å². The van der Waals surface area contributed by atoms with Gasteiger partial charge in [0, 0.05) is 0 Å². The van der Waals surface area contributed by atoms with Crippen LogP contribution in [0.5, 0.6) is 5.75 Å². The summed E-state index contributed by atoms with van der Waals surface area (Å²) < 4.78 is 34.6. The lowest BCUT2D eigenvalue weighted by molar-refractivity contribution is -0.231. The highest BCUT2D eigenvalue weighted by molar-refractivity contribution is 5.96. The number of anilines is 1. The molecule has 3 heterocycles. The summed E-state index contributed by atoms with van der Waals surface area (Å²) in [7, 11) is 1.49. The highest BCUT2D eigenvalue weighted by Gasteiger charge is 2.62. The summed E-state index contributed by atoms with van der Waals surface area (Å²) in [6, 6.07) is 6.90. The summed E-state index contributed by atoms with van der Waals surface area (Å²) in [6.45, 7) is 6.31. The number of ether oxygens (including phenoxy) is 6. The van der Waals surface area contributed by atoms with E-state index in [1.165, 1.54) is 7.11 Å². The first-order chi connectivity index (χ1) is 16.5. The molecule has 12 nitrogen and oxygen atoms in total. The van der Waals surface area contributed by atoms with E-state index in [1.54, 1.807) is 52.0 Å². The van der Waals surface area contributed by atoms with Crippen molar-refractivity contribution in [1.82, 2.24) is 10.6 Å². The molecule has 35 heavy (non-hydrogen) atoms. The number of nitrogens with one attached hydrogen (secondary N) is 3. The highest BCUT2D eigenvalue weighted by Crippen LogP contribution is 2.44. The van der Waals surface area contributed by atoms with Crippen LogP contribution in [0.2, 0.25) is 0 Å². The molecule has 3 N–H and O–H groups in total. The van der Waals surface area contributed by atoms with Crippen LogP contribution < -0.4 is 20.7 Å². The standard InChI is InChI=1S/C23H31N3O9/c1-22(2)32-16-17(33-22)19-21(35-23(3,4)34-19)31-18(16)20(29)25-10-14(27)24-11-15(28)26-12-8-6-7-9-13(12)30-5/h6-9,16-19,21H,10-11H2,1-5H3,(H,24,27)(H,25,29)(H,26,28)/t16-,17+,18?,19-,21-/m1/s1. The van der Waals surface area contributed by atoms with Crippen LogP contribution >= 0.6 is 0 Å². The zero-order valence-electron chi connectivity index (χ0n) is 20.3. The molecule has 12 heteroatoms. The van der Waals surface area contributed by atoms with Crippen molar-refractivity contribution in [3.05, 3.63) is 24.3 Å². The van der Waals surface area contributed by atoms with Crippen molar-refractivity contribution in [2.45, 2.75) is 70.0 Å². The number of fused-ring (bicyclic) bond motifs is 3. The minimum absolute atomic E-state index is 0.285. The molecule has 3 aliphatic heterocycles. The van der Waals surface area contributed by atoms with Gasteiger partial charge in [-0.25, -0.2) is 0 Å². The highest BCUT2D eigenvalue weighted by atomic mass is 16.9. The second-order valence-corrected chi connectivity index (χ2v) is 9.33. The van der Waals surface area contributed by atoms with Crippen LogP contribution in [0.4, 0.5) is 5.69 Å². The fraction of sp³-hybridized carbons (Fsp3) is 0.609. The van der Waals surface area contributed by atoms with Crippen LogP contribution in [0.25, 0.3) is 0 Å². The van der Waals surface area contributed by atoms with E-state index >= 15 is 0 Å². The SMILES string of the molecule is COc1ccccc1NC(=O)CNC(=O)CNC(=O)C1O[C@@H]2OC(C)(C)O[C@@H]2[C@H]2OC(C)(C)O[C@@H]12. The lowest BCUT2D eigenvalue weighted by Gasteiger charge is -2.36. The third kappa shape index (κ3) is 5.73. The molecule has 1 unspecified atom stereocenters. The maximum absolute atomic E-state index is 12.9. The van der Waals surface area contributed by atoms with E-state index in [0.29, 0.717) is 11.4 Å². The van der Waals surface area contributed by atoms with Gasteiger partial charge in [-0.3, -0.25) is 14.4 Å². The molecule has 0 saturated carbocycles. The van der Waals surface area contributed by atoms with Crippen LogP contribution in [0, 0.1) is 0 Å². The normalized spacial score (nSPS) is 30.0. The maximum Gasteiger partial charge on any atom is 0.252 e. The second kappa shape index (κ2) is 9.70. The van der Waals surface area contributed by atoms with E-state index in [2.05, 4.69) is 16.0 Å². The summed E-state index contributed by atoms with van der Waals surface area (Å²) in [5, 5.41) is 7.63. The minimum atomic E-state index is -1.08. The first kappa shape index (κ1) is 25.3. The van der Waals surface area contributed by atoms with Gasteiger partial charge in [-0.05, 0) is 39.8 Å². The number of carbonyl (C=O) groups is 3. The molecular formula is C23H31N3O9. The molecular weight excluding hydrogens is 462 g/mol. The van der Waals surface area contributed by atoms with E-state index in [-0.39, 0.29) is 13.1 Å². The summed E-state index contributed by atoms with van der Waals surface area (Å²) in [5.74, 6) is -2.93. The van der Waals surface area contributed by atoms with Crippen LogP contribution in [-0.2, 0) is 38.1 Å². The molecule has 3 saturated heterocycles. The maximum atomic E-state index is 12.9. The van der Waals surface area contributed by atoms with Gasteiger partial charge < -0.3 is 44.4 Å². The molecule has 0 spiro atoms. The zero-order valence-corrected chi connectivity index (χ0v) is 20.3. The third-order valence-electron chi connectivity index (χ3n) is 5.66. The Hall–Kier alpha value is -2.77. The topological polar surface area (TPSA) is 143 Å². The van der Waals surface area contributed by atoms with Crippen molar-refractivity contribution in [2.75, 3.05) is 25.5 Å². The van der Waals surface area contributed by atoms with Crippen LogP contribution in [0.1, 0.15) is 27.7 Å². The van der Waals surface area contributed by atoms with E-state index < -0.39 is 60.0 Å². The van der Waals surface area contributed by atoms with Crippen molar-refractivity contribution in [3.8, 4) is 5.75 Å². The number of para-hydroxylation sites is 2. The Morgan fingerprint density at radius 1 is 0.857 bits per heavy atom. The first-order valence-corrected chi connectivity index (χ1v) is 11.3. The lowest BCUT2D eigenvalue weighted by Crippen LogP contribution is -2.60. The largest absolute Gasteiger partial charge is 0.495 e. The van der Waals surface area contributed by atoms with E-state index in [9.17, 15) is 14.4 Å². The molecule has 0 aromatic heterocycles. The van der Waals surface area contributed by atoms with Crippen LogP contribution in [0.3, 0.4) is 0 Å². The minimum Gasteiger partial charge on any atom is -0.495 e. The summed E-state index contributed by atoms with van der Waals surface area (Å²) >= 11 is 0. The Morgan fingerprint density at radius 3 is 2.23 bits per heavy atom. The number of amides is 3. The van der Waals surface area contributed by atoms with Gasteiger partial charge in [0.05, 0.1) is 25.9 Å². The predicted octanol–water partition coefficient (Wildman–Crippen LogP) is 0.263. The Labute approximate surface area is 202 Å². The van der Waals surface area contributed by atoms with Gasteiger partial charge in [0.15, 0.2) is 24.0 Å². The average Bonchev–Trinajstić information content (AvgIpc) is 3.29. The molecule has 1 aromatic rings.